The molecule has 0 spiro atoms. The van der Waals surface area contributed by atoms with Crippen LogP contribution in [0.1, 0.15) is 11.1 Å². The number of hydrogen-bond donors (Lipinski definition) is 1. The number of carbonyl (C=O) groups excluding carboxylic acids is 1. The van der Waals surface area contributed by atoms with Gasteiger partial charge in [-0.3, -0.25) is 13.9 Å². The van der Waals surface area contributed by atoms with E-state index in [1.807, 2.05) is 19.9 Å². The Morgan fingerprint density at radius 2 is 1.73 bits per heavy atom. The number of carbonyl (C=O) groups is 1. The first-order chi connectivity index (χ1) is 15.6. The van der Waals surface area contributed by atoms with Gasteiger partial charge in [0.05, 0.1) is 20.8 Å². The number of aryl methyl sites for hydroxylation is 3. The zero-order chi connectivity index (χ0) is 23.8. The molecule has 4 rings (SSSR count). The highest BCUT2D eigenvalue weighted by molar-refractivity contribution is 7.92. The van der Waals surface area contributed by atoms with Gasteiger partial charge in [-0.2, -0.15) is 0 Å². The molecule has 0 atom stereocenters. The lowest BCUT2D eigenvalue weighted by Crippen LogP contribution is -2.38. The lowest BCUT2D eigenvalue weighted by Gasteiger charge is -2.24. The number of fused-ring (bicyclic) bond motifs is 1. The molecule has 1 N–H and O–H groups in total. The van der Waals surface area contributed by atoms with Gasteiger partial charge in [0.2, 0.25) is 5.91 Å². The van der Waals surface area contributed by atoms with Gasteiger partial charge in [-0.05, 0) is 61.9 Å². The molecular weight excluding hydrogens is 458 g/mol. The molecule has 0 unspecified atom stereocenters. The van der Waals surface area contributed by atoms with Crippen molar-refractivity contribution < 1.29 is 13.2 Å². The van der Waals surface area contributed by atoms with Crippen LogP contribution in [0.2, 0.25) is 0 Å². The Balaban J connectivity index is 1.65. The number of benzene rings is 3. The minimum atomic E-state index is -3.98. The van der Waals surface area contributed by atoms with E-state index in [1.54, 1.807) is 60.1 Å². The number of aromatic nitrogens is 1. The number of sulfonamides is 1. The second-order valence-electron chi connectivity index (χ2n) is 7.82. The van der Waals surface area contributed by atoms with E-state index in [4.69, 9.17) is 0 Å². The van der Waals surface area contributed by atoms with E-state index in [0.29, 0.717) is 11.4 Å². The summed E-state index contributed by atoms with van der Waals surface area (Å²) in [7, 11) is -2.29. The Bertz CT molecular complexity index is 1500. The first-order valence-electron chi connectivity index (χ1n) is 10.2. The normalized spacial score (nSPS) is 11.5. The molecule has 0 aliphatic heterocycles. The smallest absolute Gasteiger partial charge is 0.307 e. The van der Waals surface area contributed by atoms with E-state index in [-0.39, 0.29) is 9.77 Å². The average molecular weight is 482 g/mol. The number of rotatable bonds is 6. The zero-order valence-electron chi connectivity index (χ0n) is 18.4. The first-order valence-corrected chi connectivity index (χ1v) is 12.5. The molecule has 33 heavy (non-hydrogen) atoms. The largest absolute Gasteiger partial charge is 0.324 e. The van der Waals surface area contributed by atoms with Gasteiger partial charge in [-0.1, -0.05) is 41.2 Å². The number of thiazole rings is 1. The summed E-state index contributed by atoms with van der Waals surface area (Å²) in [6.07, 6.45) is 0. The summed E-state index contributed by atoms with van der Waals surface area (Å²) in [5.41, 5.74) is 3.48. The van der Waals surface area contributed by atoms with Gasteiger partial charge < -0.3 is 9.88 Å². The summed E-state index contributed by atoms with van der Waals surface area (Å²) < 4.78 is 30.3. The topological polar surface area (TPSA) is 88.5 Å². The third-order valence-electron chi connectivity index (χ3n) is 5.26. The SMILES string of the molecule is Cc1ccc(S(=O)(=O)N(CC(=O)Nc2ccc3c(c2)sc(=O)n3C)c2cccc(C)c2)cc1. The summed E-state index contributed by atoms with van der Waals surface area (Å²) in [6, 6.07) is 18.7. The monoisotopic (exact) mass is 481 g/mol. The van der Waals surface area contributed by atoms with Gasteiger partial charge in [-0.25, -0.2) is 8.42 Å². The molecule has 1 aromatic heterocycles. The summed E-state index contributed by atoms with van der Waals surface area (Å²) in [5, 5.41) is 2.76. The Labute approximate surface area is 196 Å². The van der Waals surface area contributed by atoms with Crippen LogP contribution in [0.5, 0.6) is 0 Å². The predicted molar refractivity (Wildman–Crippen MR) is 133 cm³/mol. The van der Waals surface area contributed by atoms with E-state index in [0.717, 1.165) is 37.0 Å². The highest BCUT2D eigenvalue weighted by atomic mass is 32.2. The van der Waals surface area contributed by atoms with Crippen molar-refractivity contribution in [2.45, 2.75) is 18.7 Å². The molecule has 0 radical (unpaired) electrons. The zero-order valence-corrected chi connectivity index (χ0v) is 20.0. The van der Waals surface area contributed by atoms with Crippen molar-refractivity contribution in [3.05, 3.63) is 87.5 Å². The molecular formula is C24H23N3O4S2. The lowest BCUT2D eigenvalue weighted by atomic mass is 10.2. The Kier molecular flexibility index (Phi) is 6.09. The van der Waals surface area contributed by atoms with Crippen molar-refractivity contribution in [1.29, 1.82) is 0 Å². The number of nitrogens with one attached hydrogen (secondary N) is 1. The highest BCUT2D eigenvalue weighted by Crippen LogP contribution is 2.26. The number of anilines is 2. The number of amides is 1. The predicted octanol–water partition coefficient (Wildman–Crippen LogP) is 4.05. The van der Waals surface area contributed by atoms with Gasteiger partial charge in [0.15, 0.2) is 0 Å². The van der Waals surface area contributed by atoms with E-state index in [1.165, 1.54) is 12.1 Å². The van der Waals surface area contributed by atoms with Crippen molar-refractivity contribution in [1.82, 2.24) is 4.57 Å². The molecule has 1 heterocycles. The van der Waals surface area contributed by atoms with Crippen molar-refractivity contribution in [2.75, 3.05) is 16.2 Å². The van der Waals surface area contributed by atoms with Crippen LogP contribution in [-0.2, 0) is 21.9 Å². The fourth-order valence-corrected chi connectivity index (χ4v) is 5.81. The molecule has 4 aromatic rings. The molecule has 9 heteroatoms. The number of hydrogen-bond acceptors (Lipinski definition) is 5. The number of nitrogens with zero attached hydrogens (tertiary/aromatic N) is 2. The molecule has 0 bridgehead atoms. The van der Waals surface area contributed by atoms with Gasteiger partial charge in [0, 0.05) is 12.7 Å². The minimum absolute atomic E-state index is 0.0942. The minimum Gasteiger partial charge on any atom is -0.324 e. The van der Waals surface area contributed by atoms with Crippen LogP contribution >= 0.6 is 11.3 Å². The van der Waals surface area contributed by atoms with Crippen molar-refractivity contribution in [2.24, 2.45) is 7.05 Å². The fourth-order valence-electron chi connectivity index (χ4n) is 3.48. The van der Waals surface area contributed by atoms with E-state index >= 15 is 0 Å². The fraction of sp³-hybridized carbons (Fsp3) is 0.167. The highest BCUT2D eigenvalue weighted by Gasteiger charge is 2.27. The van der Waals surface area contributed by atoms with Gasteiger partial charge in [-0.15, -0.1) is 0 Å². The third-order valence-corrected chi connectivity index (χ3v) is 8.05. The Morgan fingerprint density at radius 1 is 1.00 bits per heavy atom. The van der Waals surface area contributed by atoms with Crippen LogP contribution in [0, 0.1) is 13.8 Å². The van der Waals surface area contributed by atoms with Crippen LogP contribution in [0.4, 0.5) is 11.4 Å². The molecule has 170 valence electrons. The van der Waals surface area contributed by atoms with E-state index in [2.05, 4.69) is 5.32 Å². The molecule has 0 saturated heterocycles. The third kappa shape index (κ3) is 4.69. The van der Waals surface area contributed by atoms with Crippen LogP contribution in [0.15, 0.2) is 76.4 Å². The second kappa shape index (κ2) is 8.84. The molecule has 1 amide bonds. The van der Waals surface area contributed by atoms with Crippen molar-refractivity contribution in [3.63, 3.8) is 0 Å². The van der Waals surface area contributed by atoms with E-state index < -0.39 is 22.5 Å². The van der Waals surface area contributed by atoms with E-state index in [9.17, 15) is 18.0 Å². The lowest BCUT2D eigenvalue weighted by molar-refractivity contribution is -0.114. The molecule has 0 saturated carbocycles. The standard InChI is InChI=1S/C24H23N3O4S2/c1-16-7-10-20(11-8-16)33(30,31)27(19-6-4-5-17(2)13-19)15-23(28)25-18-9-12-21-22(14-18)32-24(29)26(21)3/h4-14H,15H2,1-3H3,(H,25,28). The Morgan fingerprint density at radius 3 is 2.42 bits per heavy atom. The summed E-state index contributed by atoms with van der Waals surface area (Å²) in [5.74, 6) is -0.491. The second-order valence-corrected chi connectivity index (χ2v) is 10.7. The van der Waals surface area contributed by atoms with Gasteiger partial charge in [0.1, 0.15) is 6.54 Å². The van der Waals surface area contributed by atoms with Crippen LogP contribution < -0.4 is 14.5 Å². The quantitative estimate of drug-likeness (QED) is 0.450. The first kappa shape index (κ1) is 22.8. The molecule has 3 aromatic carbocycles. The maximum atomic E-state index is 13.5. The van der Waals surface area contributed by atoms with Crippen LogP contribution in [-0.4, -0.2) is 25.4 Å². The summed E-state index contributed by atoms with van der Waals surface area (Å²) in [6.45, 7) is 3.34. The summed E-state index contributed by atoms with van der Waals surface area (Å²) in [4.78, 5) is 24.8. The molecule has 0 fully saturated rings. The Hall–Kier alpha value is -3.43. The van der Waals surface area contributed by atoms with Gasteiger partial charge in [0.25, 0.3) is 10.0 Å². The van der Waals surface area contributed by atoms with Crippen molar-refractivity contribution in [3.8, 4) is 0 Å². The van der Waals surface area contributed by atoms with Crippen molar-refractivity contribution >= 4 is 48.9 Å². The molecule has 0 aliphatic carbocycles. The molecule has 7 nitrogen and oxygen atoms in total. The maximum absolute atomic E-state index is 13.5. The van der Waals surface area contributed by atoms with Crippen LogP contribution in [0.25, 0.3) is 10.2 Å². The molecule has 0 aliphatic rings. The average Bonchev–Trinajstić information content (AvgIpc) is 3.05. The van der Waals surface area contributed by atoms with Gasteiger partial charge >= 0.3 is 4.87 Å². The maximum Gasteiger partial charge on any atom is 0.307 e. The summed E-state index contributed by atoms with van der Waals surface area (Å²) >= 11 is 1.08. The van der Waals surface area contributed by atoms with Crippen LogP contribution in [0.3, 0.4) is 0 Å².